The number of likely N-dealkylation sites (tertiary alicyclic amines) is 1. The lowest BCUT2D eigenvalue weighted by Crippen LogP contribution is -2.62. The van der Waals surface area contributed by atoms with Crippen molar-refractivity contribution in [2.75, 3.05) is 32.7 Å². The molecular formula is C26H38F3N3O3. The first-order valence-corrected chi connectivity index (χ1v) is 12.5. The molecule has 0 radical (unpaired) electrons. The summed E-state index contributed by atoms with van der Waals surface area (Å²) in [7, 11) is 0. The van der Waals surface area contributed by atoms with Crippen molar-refractivity contribution in [2.45, 2.75) is 89.4 Å². The first-order valence-electron chi connectivity index (χ1n) is 12.5. The molecule has 4 rings (SSSR count). The van der Waals surface area contributed by atoms with Crippen molar-refractivity contribution in [3.05, 3.63) is 34.9 Å². The monoisotopic (exact) mass is 497 g/mol. The Morgan fingerprint density at radius 1 is 1.11 bits per heavy atom. The quantitative estimate of drug-likeness (QED) is 0.654. The number of benzene rings is 1. The van der Waals surface area contributed by atoms with Gasteiger partial charge in [-0.3, -0.25) is 9.80 Å². The highest BCUT2D eigenvalue weighted by atomic mass is 19.4. The highest BCUT2D eigenvalue weighted by Crippen LogP contribution is 2.42. The van der Waals surface area contributed by atoms with Crippen LogP contribution in [0, 0.1) is 0 Å². The van der Waals surface area contributed by atoms with Crippen molar-refractivity contribution >= 4 is 6.09 Å². The second kappa shape index (κ2) is 9.23. The van der Waals surface area contributed by atoms with Crippen molar-refractivity contribution in [3.63, 3.8) is 0 Å². The van der Waals surface area contributed by atoms with Gasteiger partial charge in [0.1, 0.15) is 5.60 Å². The topological polar surface area (TPSA) is 56.2 Å². The number of alkyl halides is 3. The molecule has 2 saturated heterocycles. The largest absolute Gasteiger partial charge is 0.444 e. The van der Waals surface area contributed by atoms with Gasteiger partial charge in [0.2, 0.25) is 0 Å². The van der Waals surface area contributed by atoms with E-state index in [1.807, 2.05) is 20.8 Å². The third-order valence-electron chi connectivity index (χ3n) is 7.87. The molecular weight excluding hydrogens is 459 g/mol. The zero-order chi connectivity index (χ0) is 25.8. The van der Waals surface area contributed by atoms with Gasteiger partial charge >= 0.3 is 12.3 Å². The van der Waals surface area contributed by atoms with E-state index in [1.54, 1.807) is 11.0 Å². The summed E-state index contributed by atoms with van der Waals surface area (Å²) in [5.74, 6) is 0. The van der Waals surface area contributed by atoms with Crippen LogP contribution in [0.25, 0.3) is 0 Å². The van der Waals surface area contributed by atoms with Crippen LogP contribution in [0.5, 0.6) is 0 Å². The Morgan fingerprint density at radius 2 is 1.77 bits per heavy atom. The molecule has 2 fully saturated rings. The molecule has 3 atom stereocenters. The zero-order valence-electron chi connectivity index (χ0n) is 21.4. The zero-order valence-corrected chi connectivity index (χ0v) is 21.4. The molecule has 1 aliphatic carbocycles. The number of ether oxygens (including phenoxy) is 1. The number of piperidine rings is 1. The van der Waals surface area contributed by atoms with Crippen LogP contribution >= 0.6 is 0 Å². The van der Waals surface area contributed by atoms with Gasteiger partial charge in [-0.1, -0.05) is 6.07 Å². The number of fused-ring (bicyclic) bond motifs is 1. The maximum atomic E-state index is 13.2. The van der Waals surface area contributed by atoms with E-state index in [2.05, 4.69) is 23.6 Å². The van der Waals surface area contributed by atoms with E-state index in [1.165, 1.54) is 6.07 Å². The van der Waals surface area contributed by atoms with Crippen molar-refractivity contribution < 1.29 is 27.8 Å². The molecule has 0 aromatic heterocycles. The van der Waals surface area contributed by atoms with Crippen LogP contribution in [0.15, 0.2) is 18.2 Å². The summed E-state index contributed by atoms with van der Waals surface area (Å²) < 4.78 is 45.0. The highest BCUT2D eigenvalue weighted by molar-refractivity contribution is 5.68. The van der Waals surface area contributed by atoms with Crippen molar-refractivity contribution in [1.29, 1.82) is 0 Å². The molecule has 1 aromatic rings. The Labute approximate surface area is 206 Å². The van der Waals surface area contributed by atoms with E-state index >= 15 is 0 Å². The van der Waals surface area contributed by atoms with Crippen molar-refractivity contribution in [3.8, 4) is 0 Å². The number of rotatable bonds is 2. The third-order valence-corrected chi connectivity index (χ3v) is 7.87. The van der Waals surface area contributed by atoms with Crippen LogP contribution in [0.3, 0.4) is 0 Å². The number of halogens is 3. The van der Waals surface area contributed by atoms with E-state index in [0.717, 1.165) is 44.1 Å². The second-order valence-electron chi connectivity index (χ2n) is 11.6. The molecule has 0 spiro atoms. The predicted octanol–water partition coefficient (Wildman–Crippen LogP) is 4.46. The fourth-order valence-corrected chi connectivity index (χ4v) is 5.88. The molecule has 9 heteroatoms. The number of carbonyl (C=O) groups excluding carboxylic acids is 1. The van der Waals surface area contributed by atoms with E-state index in [0.29, 0.717) is 18.7 Å². The summed E-state index contributed by atoms with van der Waals surface area (Å²) in [6.45, 7) is 13.6. The van der Waals surface area contributed by atoms with Crippen LogP contribution in [0.4, 0.5) is 18.0 Å². The lowest BCUT2D eigenvalue weighted by molar-refractivity contribution is -0.137. The molecule has 1 aromatic carbocycles. The van der Waals surface area contributed by atoms with Gasteiger partial charge in [-0.25, -0.2) is 4.79 Å². The Kier molecular flexibility index (Phi) is 6.92. The van der Waals surface area contributed by atoms with E-state index in [-0.39, 0.29) is 30.1 Å². The number of piperazine rings is 1. The molecule has 0 saturated carbocycles. The normalized spacial score (nSPS) is 28.1. The summed E-state index contributed by atoms with van der Waals surface area (Å²) >= 11 is 0. The molecule has 2 aliphatic heterocycles. The second-order valence-corrected chi connectivity index (χ2v) is 11.6. The Hall–Kier alpha value is -1.84. The summed E-state index contributed by atoms with van der Waals surface area (Å²) in [6.07, 6.45) is -3.40. The average molecular weight is 498 g/mol. The third kappa shape index (κ3) is 5.47. The first kappa shape index (κ1) is 26.2. The Morgan fingerprint density at radius 3 is 2.34 bits per heavy atom. The number of aliphatic hydroxyl groups excluding tert-OH is 1. The van der Waals surface area contributed by atoms with Crippen molar-refractivity contribution in [1.82, 2.24) is 14.7 Å². The van der Waals surface area contributed by atoms with Gasteiger partial charge in [0.25, 0.3) is 0 Å². The van der Waals surface area contributed by atoms with Gasteiger partial charge < -0.3 is 14.7 Å². The van der Waals surface area contributed by atoms with Crippen LogP contribution in [-0.2, 0) is 17.3 Å². The number of carbonyl (C=O) groups is 1. The van der Waals surface area contributed by atoms with Gasteiger partial charge in [0.05, 0.1) is 17.7 Å². The number of hydrogen-bond acceptors (Lipinski definition) is 5. The van der Waals surface area contributed by atoms with Gasteiger partial charge in [-0.2, -0.15) is 13.2 Å². The van der Waals surface area contributed by atoms with E-state index in [9.17, 15) is 23.1 Å². The van der Waals surface area contributed by atoms with Gasteiger partial charge in [0, 0.05) is 50.7 Å². The number of hydrogen-bond donors (Lipinski definition) is 1. The van der Waals surface area contributed by atoms with Crippen LogP contribution in [0.1, 0.15) is 70.2 Å². The summed E-state index contributed by atoms with van der Waals surface area (Å²) in [5, 5.41) is 10.8. The summed E-state index contributed by atoms with van der Waals surface area (Å²) in [5.41, 5.74) is 0.192. The molecule has 1 N–H and O–H groups in total. The van der Waals surface area contributed by atoms with Crippen LogP contribution in [0.2, 0.25) is 0 Å². The fourth-order valence-electron chi connectivity index (χ4n) is 5.88. The smallest absolute Gasteiger partial charge is 0.416 e. The van der Waals surface area contributed by atoms with Crippen LogP contribution < -0.4 is 0 Å². The maximum Gasteiger partial charge on any atom is 0.416 e. The molecule has 3 aliphatic rings. The maximum absolute atomic E-state index is 13.2. The van der Waals surface area contributed by atoms with Crippen molar-refractivity contribution in [2.24, 2.45) is 0 Å². The molecule has 196 valence electrons. The van der Waals surface area contributed by atoms with E-state index < -0.39 is 23.4 Å². The minimum Gasteiger partial charge on any atom is -0.444 e. The lowest BCUT2D eigenvalue weighted by Gasteiger charge is -2.52. The minimum atomic E-state index is -4.38. The number of aliphatic hydroxyl groups is 1. The highest BCUT2D eigenvalue weighted by Gasteiger charge is 2.45. The predicted molar refractivity (Wildman–Crippen MR) is 127 cm³/mol. The molecule has 6 nitrogen and oxygen atoms in total. The molecule has 3 unspecified atom stereocenters. The Bertz CT molecular complexity index is 938. The number of nitrogens with zero attached hydrogens (tertiary/aromatic N) is 3. The fraction of sp³-hybridized carbons (Fsp3) is 0.731. The Balaban J connectivity index is 1.39. The van der Waals surface area contributed by atoms with Gasteiger partial charge in [0.15, 0.2) is 0 Å². The summed E-state index contributed by atoms with van der Waals surface area (Å²) in [4.78, 5) is 19.0. The molecule has 35 heavy (non-hydrogen) atoms. The lowest BCUT2D eigenvalue weighted by atomic mass is 9.86. The summed E-state index contributed by atoms with van der Waals surface area (Å²) in [6, 6.07) is 3.72. The minimum absolute atomic E-state index is 0.0350. The number of amides is 1. The van der Waals surface area contributed by atoms with Crippen LogP contribution in [-0.4, -0.2) is 81.9 Å². The molecule has 1 amide bonds. The van der Waals surface area contributed by atoms with Gasteiger partial charge in [-0.15, -0.1) is 0 Å². The molecule has 0 bridgehead atoms. The average Bonchev–Trinajstić information content (AvgIpc) is 3.07. The first-order chi connectivity index (χ1) is 16.2. The standard InChI is InChI=1S/C26H38F3N3O3/c1-17-16-31(25(5)8-10-30(11-9-25)23(34)35-24(2,3)4)12-13-32(17)22-20-7-6-19(26(27,28)29)14-18(20)15-21(22)33/h6-7,14,17,21-22,33H,8-13,15-16H2,1-5H3. The van der Waals surface area contributed by atoms with E-state index in [4.69, 9.17) is 4.74 Å². The van der Waals surface area contributed by atoms with Gasteiger partial charge in [-0.05, 0) is 70.7 Å². The SMILES string of the molecule is CC1CN(C2(C)CCN(C(=O)OC(C)(C)C)CC2)CCN1C1c2ccc(C(F)(F)F)cc2CC1O. The molecule has 2 heterocycles.